The molecule has 6 heteroatoms. The summed E-state index contributed by atoms with van der Waals surface area (Å²) in [6.07, 6.45) is 3.75. The molecule has 0 aliphatic carbocycles. The molecule has 4 nitrogen and oxygen atoms in total. The Morgan fingerprint density at radius 2 is 1.96 bits per heavy atom. The minimum atomic E-state index is 0.768. The molecule has 0 fully saturated rings. The molecule has 0 amide bonds. The van der Waals surface area contributed by atoms with Gasteiger partial charge in [-0.25, -0.2) is 4.98 Å². The number of hydrazone groups is 1. The van der Waals surface area contributed by atoms with Gasteiger partial charge >= 0.3 is 0 Å². The van der Waals surface area contributed by atoms with Crippen molar-refractivity contribution in [2.75, 3.05) is 5.43 Å². The van der Waals surface area contributed by atoms with Crippen LogP contribution in [0.3, 0.4) is 0 Å². The molecular weight excluding hydrogens is 384 g/mol. The normalized spacial score (nSPS) is 11.4. The van der Waals surface area contributed by atoms with E-state index in [0.29, 0.717) is 0 Å². The predicted molar refractivity (Wildman–Crippen MR) is 105 cm³/mol. The largest absolute Gasteiger partial charge is 0.361 e. The SMILES string of the molecule is Brc1ccc(-c2csc(N/N=C\c3c[nH]c4ccccc34)n2)cc1. The van der Waals surface area contributed by atoms with Crippen LogP contribution in [0.15, 0.2) is 69.7 Å². The molecule has 0 aliphatic rings. The molecule has 0 saturated carbocycles. The van der Waals surface area contributed by atoms with Crippen molar-refractivity contribution in [3.05, 3.63) is 70.1 Å². The lowest BCUT2D eigenvalue weighted by atomic mass is 10.2. The Morgan fingerprint density at radius 1 is 1.12 bits per heavy atom. The van der Waals surface area contributed by atoms with Crippen molar-refractivity contribution >= 4 is 49.5 Å². The molecule has 24 heavy (non-hydrogen) atoms. The van der Waals surface area contributed by atoms with E-state index >= 15 is 0 Å². The van der Waals surface area contributed by atoms with Crippen molar-refractivity contribution in [1.82, 2.24) is 9.97 Å². The van der Waals surface area contributed by atoms with Crippen molar-refractivity contribution in [2.45, 2.75) is 0 Å². The summed E-state index contributed by atoms with van der Waals surface area (Å²) in [4.78, 5) is 7.79. The standard InChI is InChI=1S/C18H13BrN4S/c19-14-7-5-12(6-8-14)17-11-24-18(22-17)23-21-10-13-9-20-16-4-2-1-3-15(13)16/h1-11,20H,(H,22,23)/b21-10-. The zero-order valence-corrected chi connectivity index (χ0v) is 14.9. The van der Waals surface area contributed by atoms with Gasteiger partial charge in [0.15, 0.2) is 0 Å². The van der Waals surface area contributed by atoms with Gasteiger partial charge in [0.05, 0.1) is 11.9 Å². The fourth-order valence-corrected chi connectivity index (χ4v) is 3.37. The molecule has 2 aromatic carbocycles. The van der Waals surface area contributed by atoms with Crippen molar-refractivity contribution in [1.29, 1.82) is 0 Å². The summed E-state index contributed by atoms with van der Waals surface area (Å²) in [5.74, 6) is 0. The number of anilines is 1. The zero-order valence-electron chi connectivity index (χ0n) is 12.5. The second kappa shape index (κ2) is 6.59. The first kappa shape index (κ1) is 15.1. The Hall–Kier alpha value is -2.44. The van der Waals surface area contributed by atoms with E-state index < -0.39 is 0 Å². The van der Waals surface area contributed by atoms with Crippen LogP contribution >= 0.6 is 27.3 Å². The number of para-hydroxylation sites is 1. The Kier molecular flexibility index (Phi) is 4.15. The van der Waals surface area contributed by atoms with Gasteiger partial charge in [-0.3, -0.25) is 5.43 Å². The third-order valence-electron chi connectivity index (χ3n) is 3.63. The summed E-state index contributed by atoms with van der Waals surface area (Å²) < 4.78 is 1.06. The molecule has 0 atom stereocenters. The Balaban J connectivity index is 1.49. The minimum absolute atomic E-state index is 0.768. The highest BCUT2D eigenvalue weighted by Crippen LogP contribution is 2.26. The topological polar surface area (TPSA) is 53.1 Å². The van der Waals surface area contributed by atoms with Gasteiger partial charge in [-0.05, 0) is 18.2 Å². The van der Waals surface area contributed by atoms with Crippen LogP contribution in [-0.4, -0.2) is 16.2 Å². The highest BCUT2D eigenvalue weighted by molar-refractivity contribution is 9.10. The summed E-state index contributed by atoms with van der Waals surface area (Å²) in [7, 11) is 0. The van der Waals surface area contributed by atoms with Crippen molar-refractivity contribution in [2.24, 2.45) is 5.10 Å². The maximum absolute atomic E-state index is 4.56. The van der Waals surface area contributed by atoms with E-state index in [0.717, 1.165) is 37.3 Å². The number of fused-ring (bicyclic) bond motifs is 1. The van der Waals surface area contributed by atoms with Crippen LogP contribution in [0.4, 0.5) is 5.13 Å². The number of benzene rings is 2. The summed E-state index contributed by atoms with van der Waals surface area (Å²) in [5, 5.41) is 8.24. The number of hydrogen-bond acceptors (Lipinski definition) is 4. The number of H-pyrrole nitrogens is 1. The van der Waals surface area contributed by atoms with E-state index in [4.69, 9.17) is 0 Å². The minimum Gasteiger partial charge on any atom is -0.361 e. The molecular formula is C18H13BrN4S. The molecule has 2 aromatic heterocycles. The Labute approximate surface area is 151 Å². The van der Waals surface area contributed by atoms with E-state index in [-0.39, 0.29) is 0 Å². The van der Waals surface area contributed by atoms with E-state index in [1.807, 2.05) is 54.0 Å². The second-order valence-electron chi connectivity index (χ2n) is 5.20. The first-order valence-electron chi connectivity index (χ1n) is 7.36. The summed E-state index contributed by atoms with van der Waals surface area (Å²) in [6.45, 7) is 0. The van der Waals surface area contributed by atoms with Gasteiger partial charge in [0.2, 0.25) is 5.13 Å². The second-order valence-corrected chi connectivity index (χ2v) is 6.98. The van der Waals surface area contributed by atoms with Crippen molar-refractivity contribution in [3.8, 4) is 11.3 Å². The maximum atomic E-state index is 4.56. The third-order valence-corrected chi connectivity index (χ3v) is 4.90. The lowest BCUT2D eigenvalue weighted by Gasteiger charge is -1.96. The molecule has 118 valence electrons. The molecule has 0 spiro atoms. The summed E-state index contributed by atoms with van der Waals surface area (Å²) in [5.41, 5.74) is 7.18. The van der Waals surface area contributed by atoms with E-state index in [1.165, 1.54) is 11.3 Å². The third kappa shape index (κ3) is 3.11. The van der Waals surface area contributed by atoms with Crippen molar-refractivity contribution < 1.29 is 0 Å². The number of aromatic nitrogens is 2. The Morgan fingerprint density at radius 3 is 2.83 bits per heavy atom. The number of rotatable bonds is 4. The van der Waals surface area contributed by atoms with E-state index in [9.17, 15) is 0 Å². The van der Waals surface area contributed by atoms with Gasteiger partial charge in [-0.15, -0.1) is 11.3 Å². The first-order chi connectivity index (χ1) is 11.8. The molecule has 0 radical (unpaired) electrons. The highest BCUT2D eigenvalue weighted by Gasteiger charge is 2.04. The van der Waals surface area contributed by atoms with Crippen LogP contribution in [0.5, 0.6) is 0 Å². The van der Waals surface area contributed by atoms with Crippen LogP contribution in [0.25, 0.3) is 22.2 Å². The molecule has 2 N–H and O–H groups in total. The van der Waals surface area contributed by atoms with Gasteiger partial charge in [0.25, 0.3) is 0 Å². The molecule has 0 unspecified atom stereocenters. The average Bonchev–Trinajstić information content (AvgIpc) is 3.23. The molecule has 0 bridgehead atoms. The molecule has 2 heterocycles. The summed E-state index contributed by atoms with van der Waals surface area (Å²) >= 11 is 4.98. The molecule has 0 saturated heterocycles. The quantitative estimate of drug-likeness (QED) is 0.353. The van der Waals surface area contributed by atoms with E-state index in [2.05, 4.69) is 42.5 Å². The first-order valence-corrected chi connectivity index (χ1v) is 9.03. The van der Waals surface area contributed by atoms with Gasteiger partial charge < -0.3 is 4.98 Å². The van der Waals surface area contributed by atoms with Crippen molar-refractivity contribution in [3.63, 3.8) is 0 Å². The molecule has 4 rings (SSSR count). The number of hydrogen-bond donors (Lipinski definition) is 2. The highest BCUT2D eigenvalue weighted by atomic mass is 79.9. The number of thiazole rings is 1. The fourth-order valence-electron chi connectivity index (χ4n) is 2.44. The van der Waals surface area contributed by atoms with Crippen LogP contribution < -0.4 is 5.43 Å². The maximum Gasteiger partial charge on any atom is 0.203 e. The average molecular weight is 397 g/mol. The Bertz CT molecular complexity index is 1000. The van der Waals surface area contributed by atoms with E-state index in [1.54, 1.807) is 6.21 Å². The van der Waals surface area contributed by atoms with Gasteiger partial charge in [0.1, 0.15) is 0 Å². The molecule has 0 aliphatic heterocycles. The number of aromatic amines is 1. The van der Waals surface area contributed by atoms with Crippen LogP contribution in [-0.2, 0) is 0 Å². The number of nitrogens with one attached hydrogen (secondary N) is 2. The summed E-state index contributed by atoms with van der Waals surface area (Å²) in [6, 6.07) is 16.3. The fraction of sp³-hybridized carbons (Fsp3) is 0. The number of halogens is 1. The van der Waals surface area contributed by atoms with Gasteiger partial charge in [-0.1, -0.05) is 46.3 Å². The van der Waals surface area contributed by atoms with Gasteiger partial charge in [0, 0.05) is 38.1 Å². The zero-order chi connectivity index (χ0) is 16.4. The predicted octanol–water partition coefficient (Wildman–Crippen LogP) is 5.50. The number of nitrogens with zero attached hydrogens (tertiary/aromatic N) is 2. The van der Waals surface area contributed by atoms with Crippen LogP contribution in [0, 0.1) is 0 Å². The molecule has 4 aromatic rings. The lowest BCUT2D eigenvalue weighted by Crippen LogP contribution is -1.89. The smallest absolute Gasteiger partial charge is 0.203 e. The lowest BCUT2D eigenvalue weighted by molar-refractivity contribution is 1.29. The van der Waals surface area contributed by atoms with Crippen LogP contribution in [0.1, 0.15) is 5.56 Å². The monoisotopic (exact) mass is 396 g/mol. The van der Waals surface area contributed by atoms with Gasteiger partial charge in [-0.2, -0.15) is 5.10 Å². The van der Waals surface area contributed by atoms with Crippen LogP contribution in [0.2, 0.25) is 0 Å².